The molecule has 1 aromatic rings. The monoisotopic (exact) mass is 446 g/mol. The molecule has 1 heterocycles. The van der Waals surface area contributed by atoms with Crippen molar-refractivity contribution in [2.24, 2.45) is 0 Å². The van der Waals surface area contributed by atoms with E-state index in [1.54, 1.807) is 11.0 Å². The number of rotatable bonds is 7. The van der Waals surface area contributed by atoms with Crippen LogP contribution >= 0.6 is 11.6 Å². The third-order valence-corrected chi connectivity index (χ3v) is 5.46. The van der Waals surface area contributed by atoms with Crippen LogP contribution in [0.5, 0.6) is 0 Å². The molecule has 4 nitrogen and oxygen atoms in total. The molecule has 1 saturated heterocycles. The minimum absolute atomic E-state index is 0.0162. The maximum absolute atomic E-state index is 13.0. The van der Waals surface area contributed by atoms with Crippen molar-refractivity contribution in [1.82, 2.24) is 10.2 Å². The fourth-order valence-corrected chi connectivity index (χ4v) is 4.21. The van der Waals surface area contributed by atoms with Crippen LogP contribution in [0.4, 0.5) is 18.0 Å². The third kappa shape index (κ3) is 6.64. The number of nitrogens with zero attached hydrogens (tertiary/aromatic N) is 1. The average Bonchev–Trinajstić information content (AvgIpc) is 2.64. The van der Waals surface area contributed by atoms with Gasteiger partial charge in [-0.2, -0.15) is 13.2 Å². The average molecular weight is 447 g/mol. The van der Waals surface area contributed by atoms with E-state index in [1.165, 1.54) is 6.07 Å². The highest BCUT2D eigenvalue weighted by molar-refractivity contribution is 6.30. The highest BCUT2D eigenvalue weighted by atomic mass is 35.5. The Hall–Kier alpha value is -1.73. The molecule has 1 N–H and O–H groups in total. The lowest BCUT2D eigenvalue weighted by atomic mass is 9.88. The zero-order valence-electron chi connectivity index (χ0n) is 17.6. The maximum atomic E-state index is 13.0. The van der Waals surface area contributed by atoms with Gasteiger partial charge in [0.1, 0.15) is 0 Å². The van der Waals surface area contributed by atoms with Gasteiger partial charge in [0, 0.05) is 29.7 Å². The number of benzene rings is 1. The van der Waals surface area contributed by atoms with Gasteiger partial charge in [0.05, 0.1) is 11.7 Å². The summed E-state index contributed by atoms with van der Waals surface area (Å²) in [6, 6.07) is 3.55. The minimum Gasteiger partial charge on any atom is -0.447 e. The molecule has 0 aromatic heterocycles. The molecule has 1 aliphatic rings. The van der Waals surface area contributed by atoms with Crippen LogP contribution in [0.15, 0.2) is 30.9 Å². The SMILES string of the molecule is C=CC[C@H]1C[C@@H](NCc2cc(Cl)cc(C(F)(F)F)c2)C[C@@H](CC)N1C(=O)OC(C)C. The van der Waals surface area contributed by atoms with Crippen LogP contribution in [0, 0.1) is 0 Å². The van der Waals surface area contributed by atoms with Crippen molar-refractivity contribution in [2.75, 3.05) is 0 Å². The standard InChI is InChI=1S/C22H30ClF3N2O2/c1-5-7-20-12-18(11-19(6-2)28(20)21(29)30-14(3)4)27-13-15-8-16(22(24,25)26)10-17(23)9-15/h5,8-10,14,18-20,27H,1,6-7,11-13H2,2-4H3/t18-,19+,20-/m0/s1. The largest absolute Gasteiger partial charge is 0.447 e. The first-order valence-corrected chi connectivity index (χ1v) is 10.6. The van der Waals surface area contributed by atoms with Crippen LogP contribution in [0.3, 0.4) is 0 Å². The number of carbonyl (C=O) groups excluding carboxylic acids is 1. The molecule has 30 heavy (non-hydrogen) atoms. The second-order valence-electron chi connectivity index (χ2n) is 7.98. The number of carbonyl (C=O) groups is 1. The summed E-state index contributed by atoms with van der Waals surface area (Å²) in [6.45, 7) is 9.71. The van der Waals surface area contributed by atoms with Crippen molar-refractivity contribution in [3.63, 3.8) is 0 Å². The Morgan fingerprint density at radius 1 is 1.33 bits per heavy atom. The molecule has 1 amide bonds. The number of nitrogens with one attached hydrogen (secondary N) is 1. The molecule has 0 spiro atoms. The molecule has 0 bridgehead atoms. The molecule has 168 valence electrons. The van der Waals surface area contributed by atoms with Crippen LogP contribution in [0.25, 0.3) is 0 Å². The Morgan fingerprint density at radius 2 is 2.00 bits per heavy atom. The summed E-state index contributed by atoms with van der Waals surface area (Å²) in [5, 5.41) is 3.42. The zero-order valence-corrected chi connectivity index (χ0v) is 18.4. The predicted molar refractivity (Wildman–Crippen MR) is 112 cm³/mol. The lowest BCUT2D eigenvalue weighted by Crippen LogP contribution is -2.56. The van der Waals surface area contributed by atoms with Gasteiger partial charge < -0.3 is 15.0 Å². The predicted octanol–water partition coefficient (Wildman–Crippen LogP) is 6.18. The summed E-state index contributed by atoms with van der Waals surface area (Å²) >= 11 is 5.89. The topological polar surface area (TPSA) is 41.6 Å². The Balaban J connectivity index is 2.12. The Labute approximate surface area is 181 Å². The van der Waals surface area contributed by atoms with E-state index in [1.807, 2.05) is 20.8 Å². The number of alkyl halides is 3. The summed E-state index contributed by atoms with van der Waals surface area (Å²) in [5.74, 6) is 0. The molecular weight excluding hydrogens is 417 g/mol. The van der Waals surface area contributed by atoms with Gasteiger partial charge in [0.25, 0.3) is 0 Å². The number of hydrogen-bond donors (Lipinski definition) is 1. The molecule has 2 rings (SSSR count). The molecule has 3 atom stereocenters. The summed E-state index contributed by atoms with van der Waals surface area (Å²) < 4.78 is 44.6. The van der Waals surface area contributed by atoms with E-state index in [0.29, 0.717) is 24.8 Å². The maximum Gasteiger partial charge on any atom is 0.416 e. The van der Waals surface area contributed by atoms with Crippen molar-refractivity contribution in [1.29, 1.82) is 0 Å². The minimum atomic E-state index is -4.44. The molecule has 0 aliphatic carbocycles. The number of likely N-dealkylation sites (tertiary alicyclic amines) is 1. The Bertz CT molecular complexity index is 740. The van der Waals surface area contributed by atoms with Gasteiger partial charge in [-0.05, 0) is 63.3 Å². The van der Waals surface area contributed by atoms with Crippen LogP contribution in [0.1, 0.15) is 57.6 Å². The van der Waals surface area contributed by atoms with Gasteiger partial charge in [-0.3, -0.25) is 0 Å². The fraction of sp³-hybridized carbons (Fsp3) is 0.591. The molecule has 8 heteroatoms. The van der Waals surface area contributed by atoms with Crippen molar-refractivity contribution in [3.05, 3.63) is 47.0 Å². The van der Waals surface area contributed by atoms with Crippen LogP contribution in [-0.2, 0) is 17.5 Å². The zero-order chi connectivity index (χ0) is 22.5. The lowest BCUT2D eigenvalue weighted by Gasteiger charge is -2.44. The number of amides is 1. The number of ether oxygens (including phenoxy) is 1. The Morgan fingerprint density at radius 3 is 2.57 bits per heavy atom. The summed E-state index contributed by atoms with van der Waals surface area (Å²) in [4.78, 5) is 14.5. The first-order chi connectivity index (χ1) is 14.0. The van der Waals surface area contributed by atoms with E-state index in [-0.39, 0.29) is 41.9 Å². The van der Waals surface area contributed by atoms with Crippen LogP contribution in [-0.4, -0.2) is 35.2 Å². The molecule has 0 unspecified atom stereocenters. The molecule has 1 fully saturated rings. The quantitative estimate of drug-likeness (QED) is 0.508. The Kier molecular flexibility index (Phi) is 8.62. The van der Waals surface area contributed by atoms with Gasteiger partial charge >= 0.3 is 12.3 Å². The van der Waals surface area contributed by atoms with Gasteiger partial charge in [-0.15, -0.1) is 6.58 Å². The number of piperidine rings is 1. The van der Waals surface area contributed by atoms with Crippen molar-refractivity contribution >= 4 is 17.7 Å². The van der Waals surface area contributed by atoms with Gasteiger partial charge in [-0.25, -0.2) is 4.79 Å². The number of hydrogen-bond acceptors (Lipinski definition) is 3. The van der Waals surface area contributed by atoms with Crippen LogP contribution in [0.2, 0.25) is 5.02 Å². The van der Waals surface area contributed by atoms with Crippen LogP contribution < -0.4 is 5.32 Å². The summed E-state index contributed by atoms with van der Waals surface area (Å²) in [7, 11) is 0. The van der Waals surface area contributed by atoms with Crippen molar-refractivity contribution in [3.8, 4) is 0 Å². The van der Waals surface area contributed by atoms with E-state index < -0.39 is 11.7 Å². The molecule has 1 aliphatic heterocycles. The normalized spacial score (nSPS) is 22.3. The van der Waals surface area contributed by atoms with E-state index in [2.05, 4.69) is 11.9 Å². The first-order valence-electron chi connectivity index (χ1n) is 10.2. The smallest absolute Gasteiger partial charge is 0.416 e. The van der Waals surface area contributed by atoms with E-state index >= 15 is 0 Å². The molecular formula is C22H30ClF3N2O2. The first kappa shape index (κ1) is 24.5. The van der Waals surface area contributed by atoms with E-state index in [9.17, 15) is 18.0 Å². The van der Waals surface area contributed by atoms with Gasteiger partial charge in [0.2, 0.25) is 0 Å². The van der Waals surface area contributed by atoms with E-state index in [0.717, 1.165) is 18.6 Å². The fourth-order valence-electron chi connectivity index (χ4n) is 3.95. The lowest BCUT2D eigenvalue weighted by molar-refractivity contribution is -0.137. The van der Waals surface area contributed by atoms with Crippen molar-refractivity contribution in [2.45, 2.75) is 83.4 Å². The second kappa shape index (κ2) is 10.5. The van der Waals surface area contributed by atoms with Gasteiger partial charge in [-0.1, -0.05) is 24.6 Å². The third-order valence-electron chi connectivity index (χ3n) is 5.24. The highest BCUT2D eigenvalue weighted by Crippen LogP contribution is 2.32. The molecule has 1 aromatic carbocycles. The van der Waals surface area contributed by atoms with Gasteiger partial charge in [0.15, 0.2) is 0 Å². The van der Waals surface area contributed by atoms with Crippen molar-refractivity contribution < 1.29 is 22.7 Å². The van der Waals surface area contributed by atoms with E-state index in [4.69, 9.17) is 16.3 Å². The number of halogens is 4. The molecule has 0 radical (unpaired) electrons. The second-order valence-corrected chi connectivity index (χ2v) is 8.41. The highest BCUT2D eigenvalue weighted by Gasteiger charge is 2.38. The molecule has 0 saturated carbocycles. The summed E-state index contributed by atoms with van der Waals surface area (Å²) in [6.07, 6.45) is -0.447. The summed E-state index contributed by atoms with van der Waals surface area (Å²) in [5.41, 5.74) is -0.279.